The van der Waals surface area contributed by atoms with E-state index in [1.807, 2.05) is 0 Å². The van der Waals surface area contributed by atoms with Gasteiger partial charge in [-0.2, -0.15) is 0 Å². The predicted octanol–water partition coefficient (Wildman–Crippen LogP) is 6.65. The molecule has 6 rings (SSSR count). The molecule has 128 valence electrons. The molecule has 0 fully saturated rings. The fraction of sp³-hybridized carbons (Fsp3) is 0.111. The van der Waals surface area contributed by atoms with Crippen LogP contribution >= 0.6 is 0 Å². The van der Waals surface area contributed by atoms with Crippen molar-refractivity contribution in [1.82, 2.24) is 0 Å². The van der Waals surface area contributed by atoms with E-state index < -0.39 is 0 Å². The average Bonchev–Trinajstić information content (AvgIpc) is 3.15. The fourth-order valence-electron chi connectivity index (χ4n) is 5.65. The molecule has 0 saturated heterocycles. The number of aryl methyl sites for hydroxylation is 2. The fourth-order valence-corrected chi connectivity index (χ4v) is 5.65. The lowest BCUT2D eigenvalue weighted by Crippen LogP contribution is -2.26. The SMILES string of the molecule is Cc1cc(C)c2c(c1)-c1ccccc1C21c2ccccc2-c2ccccc21. The van der Waals surface area contributed by atoms with E-state index in [2.05, 4.69) is 98.8 Å². The van der Waals surface area contributed by atoms with Gasteiger partial charge in [0.05, 0.1) is 5.41 Å². The molecule has 4 aromatic carbocycles. The van der Waals surface area contributed by atoms with Crippen LogP contribution in [-0.4, -0.2) is 0 Å². The first kappa shape index (κ1) is 15.0. The Labute approximate surface area is 160 Å². The molecule has 27 heavy (non-hydrogen) atoms. The highest BCUT2D eigenvalue weighted by atomic mass is 14.5. The summed E-state index contributed by atoms with van der Waals surface area (Å²) in [6.45, 7) is 4.49. The van der Waals surface area contributed by atoms with Crippen LogP contribution in [0.1, 0.15) is 33.4 Å². The van der Waals surface area contributed by atoms with E-state index in [0.29, 0.717) is 0 Å². The smallest absolute Gasteiger partial charge is 0.0619 e. The van der Waals surface area contributed by atoms with Gasteiger partial charge in [-0.05, 0) is 63.9 Å². The maximum Gasteiger partial charge on any atom is 0.0728 e. The van der Waals surface area contributed by atoms with E-state index >= 15 is 0 Å². The molecule has 0 aliphatic heterocycles. The maximum atomic E-state index is 2.37. The van der Waals surface area contributed by atoms with Crippen molar-refractivity contribution in [2.45, 2.75) is 19.3 Å². The van der Waals surface area contributed by atoms with Crippen LogP contribution in [0.2, 0.25) is 0 Å². The molecule has 2 aliphatic carbocycles. The maximum absolute atomic E-state index is 2.37. The molecule has 0 nitrogen and oxygen atoms in total. The lowest BCUT2D eigenvalue weighted by atomic mass is 9.69. The predicted molar refractivity (Wildman–Crippen MR) is 112 cm³/mol. The van der Waals surface area contributed by atoms with Gasteiger partial charge < -0.3 is 0 Å². The van der Waals surface area contributed by atoms with E-state index in [1.54, 1.807) is 0 Å². The Balaban J connectivity index is 1.89. The van der Waals surface area contributed by atoms with Gasteiger partial charge in [0, 0.05) is 0 Å². The van der Waals surface area contributed by atoms with Gasteiger partial charge in [0.1, 0.15) is 0 Å². The number of rotatable bonds is 0. The second-order valence-electron chi connectivity index (χ2n) is 7.89. The van der Waals surface area contributed by atoms with Crippen molar-refractivity contribution in [3.05, 3.63) is 118 Å². The quantitative estimate of drug-likeness (QED) is 0.289. The van der Waals surface area contributed by atoms with Gasteiger partial charge in [-0.15, -0.1) is 0 Å². The molecule has 0 N–H and O–H groups in total. The summed E-state index contributed by atoms with van der Waals surface area (Å²) >= 11 is 0. The van der Waals surface area contributed by atoms with Crippen LogP contribution in [0, 0.1) is 13.8 Å². The van der Waals surface area contributed by atoms with Gasteiger partial charge >= 0.3 is 0 Å². The molecule has 2 aliphatic rings. The van der Waals surface area contributed by atoms with Crippen LogP contribution in [0.4, 0.5) is 0 Å². The first-order valence-corrected chi connectivity index (χ1v) is 9.64. The van der Waals surface area contributed by atoms with Crippen molar-refractivity contribution in [1.29, 1.82) is 0 Å². The van der Waals surface area contributed by atoms with Crippen molar-refractivity contribution in [2.24, 2.45) is 0 Å². The van der Waals surface area contributed by atoms with E-state index in [9.17, 15) is 0 Å². The minimum atomic E-state index is -0.198. The minimum Gasteiger partial charge on any atom is -0.0619 e. The Morgan fingerprint density at radius 3 is 1.48 bits per heavy atom. The summed E-state index contributed by atoms with van der Waals surface area (Å²) in [6, 6.07) is 31.7. The summed E-state index contributed by atoms with van der Waals surface area (Å²) in [5, 5.41) is 0. The molecule has 0 amide bonds. The summed E-state index contributed by atoms with van der Waals surface area (Å²) in [7, 11) is 0. The number of hydrogen-bond donors (Lipinski definition) is 0. The highest BCUT2D eigenvalue weighted by Gasteiger charge is 2.52. The Morgan fingerprint density at radius 1 is 0.519 bits per heavy atom. The van der Waals surface area contributed by atoms with Gasteiger partial charge in [-0.3, -0.25) is 0 Å². The molecule has 0 heterocycles. The Kier molecular flexibility index (Phi) is 2.77. The van der Waals surface area contributed by atoms with Crippen LogP contribution < -0.4 is 0 Å². The summed E-state index contributed by atoms with van der Waals surface area (Å²) in [5.41, 5.74) is 13.8. The van der Waals surface area contributed by atoms with E-state index in [0.717, 1.165) is 0 Å². The van der Waals surface area contributed by atoms with Crippen LogP contribution in [0.3, 0.4) is 0 Å². The third-order valence-corrected chi connectivity index (χ3v) is 6.43. The molecule has 0 atom stereocenters. The van der Waals surface area contributed by atoms with Crippen molar-refractivity contribution < 1.29 is 0 Å². The molecule has 0 bridgehead atoms. The topological polar surface area (TPSA) is 0 Å². The second kappa shape index (κ2) is 4.98. The van der Waals surface area contributed by atoms with Crippen LogP contribution in [0.5, 0.6) is 0 Å². The lowest BCUT2D eigenvalue weighted by Gasteiger charge is -2.31. The van der Waals surface area contributed by atoms with E-state index in [-0.39, 0.29) is 5.41 Å². The number of hydrogen-bond acceptors (Lipinski definition) is 0. The molecule has 4 aromatic rings. The summed E-state index contributed by atoms with van der Waals surface area (Å²) in [6.07, 6.45) is 0. The second-order valence-corrected chi connectivity index (χ2v) is 7.89. The zero-order valence-corrected chi connectivity index (χ0v) is 15.6. The molecule has 1 spiro atoms. The normalized spacial score (nSPS) is 14.6. The highest BCUT2D eigenvalue weighted by molar-refractivity contribution is 5.95. The van der Waals surface area contributed by atoms with Gasteiger partial charge in [0.2, 0.25) is 0 Å². The largest absolute Gasteiger partial charge is 0.0728 e. The molecule has 0 unspecified atom stereocenters. The first-order valence-electron chi connectivity index (χ1n) is 9.64. The lowest BCUT2D eigenvalue weighted by molar-refractivity contribution is 0.786. The number of fused-ring (bicyclic) bond motifs is 10. The van der Waals surface area contributed by atoms with Gasteiger partial charge in [0.15, 0.2) is 0 Å². The third-order valence-electron chi connectivity index (χ3n) is 6.43. The minimum absolute atomic E-state index is 0.198. The summed E-state index contributed by atoms with van der Waals surface area (Å²) < 4.78 is 0. The Bertz CT molecular complexity index is 1200. The van der Waals surface area contributed by atoms with Crippen LogP contribution in [-0.2, 0) is 5.41 Å². The Morgan fingerprint density at radius 2 is 0.963 bits per heavy atom. The third kappa shape index (κ3) is 1.64. The van der Waals surface area contributed by atoms with Crippen LogP contribution in [0.15, 0.2) is 84.9 Å². The Hall–Kier alpha value is -3.12. The number of benzene rings is 4. The zero-order valence-electron chi connectivity index (χ0n) is 15.6. The van der Waals surface area contributed by atoms with E-state index in [1.165, 1.54) is 55.6 Å². The molecule has 0 saturated carbocycles. The zero-order chi connectivity index (χ0) is 18.2. The molecular weight excluding hydrogens is 324 g/mol. The van der Waals surface area contributed by atoms with E-state index in [4.69, 9.17) is 0 Å². The van der Waals surface area contributed by atoms with Gasteiger partial charge in [-0.25, -0.2) is 0 Å². The van der Waals surface area contributed by atoms with Crippen LogP contribution in [0.25, 0.3) is 22.3 Å². The highest BCUT2D eigenvalue weighted by Crippen LogP contribution is 2.63. The molecule has 0 heteroatoms. The summed E-state index contributed by atoms with van der Waals surface area (Å²) in [5.74, 6) is 0. The first-order chi connectivity index (χ1) is 13.2. The monoisotopic (exact) mass is 344 g/mol. The van der Waals surface area contributed by atoms with Gasteiger partial charge in [0.25, 0.3) is 0 Å². The van der Waals surface area contributed by atoms with Crippen molar-refractivity contribution in [3.8, 4) is 22.3 Å². The molecule has 0 radical (unpaired) electrons. The van der Waals surface area contributed by atoms with Gasteiger partial charge in [-0.1, -0.05) is 90.5 Å². The standard InChI is InChI=1S/C27H20/c1-17-15-18(2)26-22(16-17)21-11-5-8-14-25(21)27(26)23-12-6-3-9-19(23)20-10-4-7-13-24(20)27/h3-16H,1-2H3. The summed E-state index contributed by atoms with van der Waals surface area (Å²) in [4.78, 5) is 0. The molecule has 0 aromatic heterocycles. The van der Waals surface area contributed by atoms with Crippen molar-refractivity contribution in [2.75, 3.05) is 0 Å². The van der Waals surface area contributed by atoms with Crippen molar-refractivity contribution in [3.63, 3.8) is 0 Å². The van der Waals surface area contributed by atoms with Crippen molar-refractivity contribution >= 4 is 0 Å². The average molecular weight is 344 g/mol. The molecular formula is C27H20.